The topological polar surface area (TPSA) is 63.2 Å². The Morgan fingerprint density at radius 3 is 2.25 bits per heavy atom. The average Bonchev–Trinajstić information content (AvgIpc) is 1.79. The van der Waals surface area contributed by atoms with E-state index in [-0.39, 0.29) is 0 Å². The van der Waals surface area contributed by atoms with Crippen molar-refractivity contribution in [1.82, 2.24) is 5.32 Å². The Morgan fingerprint density at radius 2 is 1.92 bits per heavy atom. The van der Waals surface area contributed by atoms with Gasteiger partial charge in [0.05, 0.1) is 0 Å². The molecule has 0 aromatic carbocycles. The van der Waals surface area contributed by atoms with Crippen LogP contribution in [-0.2, 0) is 14.6 Å². The summed E-state index contributed by atoms with van der Waals surface area (Å²) in [5, 5.41) is 2.52. The van der Waals surface area contributed by atoms with Crippen LogP contribution in [0.25, 0.3) is 0 Å². The SMILES string of the molecule is CC(C)CNC(=O)CS(C)(=O)=O. The summed E-state index contributed by atoms with van der Waals surface area (Å²) >= 11 is 0. The summed E-state index contributed by atoms with van der Waals surface area (Å²) in [5.74, 6) is -0.501. The van der Waals surface area contributed by atoms with Crippen LogP contribution in [0.4, 0.5) is 0 Å². The van der Waals surface area contributed by atoms with Crippen LogP contribution < -0.4 is 5.32 Å². The number of amides is 1. The monoisotopic (exact) mass is 193 g/mol. The average molecular weight is 193 g/mol. The minimum absolute atomic E-state index is 0.341. The van der Waals surface area contributed by atoms with Gasteiger partial charge in [-0.05, 0) is 5.92 Å². The molecule has 1 amide bonds. The zero-order valence-electron chi connectivity index (χ0n) is 7.62. The number of carbonyl (C=O) groups is 1. The molecule has 0 heterocycles. The fourth-order valence-corrected chi connectivity index (χ4v) is 1.19. The molecule has 0 bridgehead atoms. The van der Waals surface area contributed by atoms with Crippen molar-refractivity contribution in [2.75, 3.05) is 18.6 Å². The lowest BCUT2D eigenvalue weighted by Gasteiger charge is -2.05. The smallest absolute Gasteiger partial charge is 0.235 e. The highest BCUT2D eigenvalue weighted by Crippen LogP contribution is 1.88. The van der Waals surface area contributed by atoms with Crippen molar-refractivity contribution in [1.29, 1.82) is 0 Å². The molecule has 0 rings (SSSR count). The van der Waals surface area contributed by atoms with E-state index in [0.29, 0.717) is 12.5 Å². The minimum Gasteiger partial charge on any atom is -0.355 e. The summed E-state index contributed by atoms with van der Waals surface area (Å²) in [6.07, 6.45) is 1.04. The van der Waals surface area contributed by atoms with Gasteiger partial charge in [-0.15, -0.1) is 0 Å². The van der Waals surface area contributed by atoms with Gasteiger partial charge in [-0.3, -0.25) is 4.79 Å². The molecular weight excluding hydrogens is 178 g/mol. The minimum atomic E-state index is -3.18. The molecular formula is C7H15NO3S. The van der Waals surface area contributed by atoms with Crippen LogP contribution in [0.15, 0.2) is 0 Å². The van der Waals surface area contributed by atoms with Crippen molar-refractivity contribution in [3.05, 3.63) is 0 Å². The quantitative estimate of drug-likeness (QED) is 0.672. The van der Waals surface area contributed by atoms with E-state index in [0.717, 1.165) is 6.26 Å². The van der Waals surface area contributed by atoms with Crippen molar-refractivity contribution in [2.45, 2.75) is 13.8 Å². The van der Waals surface area contributed by atoms with Crippen molar-refractivity contribution < 1.29 is 13.2 Å². The maximum Gasteiger partial charge on any atom is 0.235 e. The molecule has 1 N–H and O–H groups in total. The van der Waals surface area contributed by atoms with E-state index in [1.165, 1.54) is 0 Å². The summed E-state index contributed by atoms with van der Waals surface area (Å²) in [5.41, 5.74) is 0. The van der Waals surface area contributed by atoms with E-state index in [1.54, 1.807) is 0 Å². The molecule has 72 valence electrons. The molecule has 0 aromatic rings. The van der Waals surface area contributed by atoms with Gasteiger partial charge in [0.2, 0.25) is 5.91 Å². The zero-order chi connectivity index (χ0) is 9.78. The van der Waals surface area contributed by atoms with E-state index < -0.39 is 21.5 Å². The summed E-state index contributed by atoms with van der Waals surface area (Å²) in [7, 11) is -3.18. The van der Waals surface area contributed by atoms with Crippen molar-refractivity contribution >= 4 is 15.7 Å². The van der Waals surface area contributed by atoms with Gasteiger partial charge in [-0.2, -0.15) is 0 Å². The number of hydrogen-bond donors (Lipinski definition) is 1. The third-order valence-electron chi connectivity index (χ3n) is 1.10. The first-order chi connectivity index (χ1) is 5.31. The van der Waals surface area contributed by atoms with Gasteiger partial charge >= 0.3 is 0 Å². The van der Waals surface area contributed by atoms with Gasteiger partial charge in [0.25, 0.3) is 0 Å². The lowest BCUT2D eigenvalue weighted by atomic mass is 10.2. The Morgan fingerprint density at radius 1 is 1.42 bits per heavy atom. The normalized spacial score (nSPS) is 11.7. The van der Waals surface area contributed by atoms with E-state index in [9.17, 15) is 13.2 Å². The summed E-state index contributed by atoms with van der Waals surface area (Å²) in [6.45, 7) is 4.41. The van der Waals surface area contributed by atoms with Crippen LogP contribution in [0.2, 0.25) is 0 Å². The number of rotatable bonds is 4. The van der Waals surface area contributed by atoms with Gasteiger partial charge in [-0.1, -0.05) is 13.8 Å². The third-order valence-corrected chi connectivity index (χ3v) is 1.89. The fraction of sp³-hybridized carbons (Fsp3) is 0.857. The van der Waals surface area contributed by atoms with Crippen LogP contribution in [0.3, 0.4) is 0 Å². The summed E-state index contributed by atoms with van der Waals surface area (Å²) in [6, 6.07) is 0. The maximum absolute atomic E-state index is 10.9. The molecule has 0 saturated heterocycles. The number of sulfone groups is 1. The van der Waals surface area contributed by atoms with Gasteiger partial charge in [-0.25, -0.2) is 8.42 Å². The molecule has 0 atom stereocenters. The Kier molecular flexibility index (Phi) is 4.23. The van der Waals surface area contributed by atoms with Crippen molar-refractivity contribution in [2.24, 2.45) is 5.92 Å². The largest absolute Gasteiger partial charge is 0.355 e. The lowest BCUT2D eigenvalue weighted by molar-refractivity contribution is -0.118. The standard InChI is InChI=1S/C7H15NO3S/c1-6(2)4-8-7(9)5-12(3,10)11/h6H,4-5H2,1-3H3,(H,8,9). The first-order valence-corrected chi connectivity index (χ1v) is 5.81. The molecule has 0 saturated carbocycles. The Hall–Kier alpha value is -0.580. The van der Waals surface area contributed by atoms with Gasteiger partial charge < -0.3 is 5.32 Å². The Labute approximate surface area is 73.3 Å². The predicted molar refractivity (Wildman–Crippen MR) is 47.6 cm³/mol. The van der Waals surface area contributed by atoms with Crippen molar-refractivity contribution in [3.8, 4) is 0 Å². The van der Waals surface area contributed by atoms with Gasteiger partial charge in [0.1, 0.15) is 5.75 Å². The second kappa shape index (κ2) is 4.45. The fourth-order valence-electron chi connectivity index (χ4n) is 0.607. The van der Waals surface area contributed by atoms with E-state index in [4.69, 9.17) is 0 Å². The number of hydrogen-bond acceptors (Lipinski definition) is 3. The van der Waals surface area contributed by atoms with Crippen LogP contribution in [0, 0.1) is 5.92 Å². The second-order valence-electron chi connectivity index (χ2n) is 3.27. The predicted octanol–water partition coefficient (Wildman–Crippen LogP) is -0.197. The highest BCUT2D eigenvalue weighted by Gasteiger charge is 2.09. The molecule has 0 fully saturated rings. The highest BCUT2D eigenvalue weighted by molar-refractivity contribution is 7.91. The van der Waals surface area contributed by atoms with Crippen LogP contribution in [0.5, 0.6) is 0 Å². The first kappa shape index (κ1) is 11.4. The maximum atomic E-state index is 10.9. The molecule has 0 aromatic heterocycles. The molecule has 0 aliphatic carbocycles. The molecule has 4 nitrogen and oxygen atoms in total. The molecule has 0 aliphatic rings. The van der Waals surface area contributed by atoms with E-state index in [2.05, 4.69) is 5.32 Å². The summed E-state index contributed by atoms with van der Waals surface area (Å²) < 4.78 is 21.3. The van der Waals surface area contributed by atoms with Gasteiger partial charge in [0.15, 0.2) is 9.84 Å². The Bertz CT molecular complexity index is 243. The number of carbonyl (C=O) groups excluding carboxylic acids is 1. The van der Waals surface area contributed by atoms with Crippen LogP contribution >= 0.6 is 0 Å². The van der Waals surface area contributed by atoms with Crippen LogP contribution in [-0.4, -0.2) is 32.9 Å². The highest BCUT2D eigenvalue weighted by atomic mass is 32.2. The molecule has 0 aliphatic heterocycles. The van der Waals surface area contributed by atoms with E-state index >= 15 is 0 Å². The molecule has 0 spiro atoms. The van der Waals surface area contributed by atoms with Gasteiger partial charge in [0, 0.05) is 12.8 Å². The third kappa shape index (κ3) is 7.53. The molecule has 0 radical (unpaired) electrons. The zero-order valence-corrected chi connectivity index (χ0v) is 8.44. The number of nitrogens with one attached hydrogen (secondary N) is 1. The molecule has 0 unspecified atom stereocenters. The lowest BCUT2D eigenvalue weighted by Crippen LogP contribution is -2.32. The molecule has 12 heavy (non-hydrogen) atoms. The molecule has 5 heteroatoms. The van der Waals surface area contributed by atoms with E-state index in [1.807, 2.05) is 13.8 Å². The van der Waals surface area contributed by atoms with Crippen molar-refractivity contribution in [3.63, 3.8) is 0 Å². The Balaban J connectivity index is 3.77. The summed E-state index contributed by atoms with van der Waals surface area (Å²) in [4.78, 5) is 10.9. The van der Waals surface area contributed by atoms with Crippen LogP contribution in [0.1, 0.15) is 13.8 Å². The second-order valence-corrected chi connectivity index (χ2v) is 5.41. The first-order valence-electron chi connectivity index (χ1n) is 3.75.